The first-order valence-corrected chi connectivity index (χ1v) is 3.56. The van der Waals surface area contributed by atoms with E-state index in [1.165, 1.54) is 12.4 Å². The Labute approximate surface area is 120 Å². The molecule has 0 saturated heterocycles. The van der Waals surface area contributed by atoms with E-state index in [0.29, 0.717) is 5.65 Å². The standard InChI is InChI=1S/C6H4BF3N3.K/c8-7(9,10)5-1-2-6-11-4-12-13(6)3-5;/h1-4H;/q-1;+1. The maximum Gasteiger partial charge on any atom is 1.00 e. The van der Waals surface area contributed by atoms with Gasteiger partial charge in [-0.15, -0.1) is 0 Å². The van der Waals surface area contributed by atoms with E-state index in [1.807, 2.05) is 0 Å². The van der Waals surface area contributed by atoms with Gasteiger partial charge in [-0.3, -0.25) is 0 Å². The number of hydrogen-bond donors (Lipinski definition) is 0. The van der Waals surface area contributed by atoms with Crippen LogP contribution in [0.2, 0.25) is 0 Å². The van der Waals surface area contributed by atoms with Crippen LogP contribution in [0, 0.1) is 0 Å². The molecule has 8 heteroatoms. The van der Waals surface area contributed by atoms with E-state index in [-0.39, 0.29) is 51.4 Å². The summed E-state index contributed by atoms with van der Waals surface area (Å²) in [5.41, 5.74) is -0.262. The molecule has 0 saturated carbocycles. The van der Waals surface area contributed by atoms with Crippen LogP contribution in [0.15, 0.2) is 24.7 Å². The van der Waals surface area contributed by atoms with Crippen molar-refractivity contribution in [3.05, 3.63) is 24.7 Å². The van der Waals surface area contributed by atoms with Crippen LogP contribution >= 0.6 is 0 Å². The molecule has 0 aliphatic heterocycles. The van der Waals surface area contributed by atoms with Crippen LogP contribution in [0.1, 0.15) is 0 Å². The van der Waals surface area contributed by atoms with E-state index >= 15 is 0 Å². The molecule has 14 heavy (non-hydrogen) atoms. The summed E-state index contributed by atoms with van der Waals surface area (Å²) in [4.78, 5) is 3.73. The quantitative estimate of drug-likeness (QED) is 0.515. The Balaban J connectivity index is 0.000000980. The Hall–Kier alpha value is 0.111. The molecule has 0 fully saturated rings. The van der Waals surface area contributed by atoms with Crippen LogP contribution < -0.4 is 56.8 Å². The molecule has 2 heterocycles. The van der Waals surface area contributed by atoms with Crippen LogP contribution in [0.4, 0.5) is 12.9 Å². The fourth-order valence-corrected chi connectivity index (χ4v) is 1.03. The van der Waals surface area contributed by atoms with Crippen LogP contribution in [0.25, 0.3) is 5.65 Å². The minimum Gasteiger partial charge on any atom is -0.445 e. The smallest absolute Gasteiger partial charge is 0.445 e. The van der Waals surface area contributed by atoms with E-state index in [0.717, 1.165) is 16.8 Å². The molecule has 0 aliphatic rings. The molecule has 0 N–H and O–H groups in total. The number of hydrogen-bond acceptors (Lipinski definition) is 2. The molecule has 0 bridgehead atoms. The van der Waals surface area contributed by atoms with Gasteiger partial charge in [0.05, 0.1) is 0 Å². The van der Waals surface area contributed by atoms with Gasteiger partial charge in [-0.2, -0.15) is 5.10 Å². The van der Waals surface area contributed by atoms with Crippen molar-refractivity contribution in [2.45, 2.75) is 0 Å². The third-order valence-corrected chi connectivity index (χ3v) is 1.67. The Bertz CT molecular complexity index is 441. The summed E-state index contributed by atoms with van der Waals surface area (Å²) in [5, 5.41) is 3.61. The molecule has 68 valence electrons. The Morgan fingerprint density at radius 1 is 1.21 bits per heavy atom. The van der Waals surface area contributed by atoms with Crippen molar-refractivity contribution < 1.29 is 64.3 Å². The predicted octanol–water partition coefficient (Wildman–Crippen LogP) is -2.21. The number of nitrogens with zero attached hydrogens (tertiary/aromatic N) is 3. The third-order valence-electron chi connectivity index (χ3n) is 1.67. The molecule has 3 nitrogen and oxygen atoms in total. The molecule has 2 aromatic rings. The zero-order valence-corrected chi connectivity index (χ0v) is 10.5. The van der Waals surface area contributed by atoms with Crippen LogP contribution in [-0.2, 0) is 0 Å². The molecule has 0 aliphatic carbocycles. The Morgan fingerprint density at radius 3 is 2.57 bits per heavy atom. The summed E-state index contributed by atoms with van der Waals surface area (Å²) in [6.07, 6.45) is 2.14. The van der Waals surface area contributed by atoms with Crippen molar-refractivity contribution in [2.75, 3.05) is 0 Å². The SMILES string of the molecule is F[B-](F)(F)c1ccc2ncnn2c1.[K+]. The number of rotatable bonds is 1. The number of aromatic nitrogens is 3. The average Bonchev–Trinajstić information content (AvgIpc) is 2.47. The second kappa shape index (κ2) is 4.32. The summed E-state index contributed by atoms with van der Waals surface area (Å²) in [6.45, 7) is -4.95. The van der Waals surface area contributed by atoms with Crippen molar-refractivity contribution in [1.82, 2.24) is 14.6 Å². The zero-order valence-electron chi connectivity index (χ0n) is 7.36. The van der Waals surface area contributed by atoms with Crippen LogP contribution in [-0.4, -0.2) is 21.6 Å². The Kier molecular flexibility index (Phi) is 3.75. The van der Waals surface area contributed by atoms with Gasteiger partial charge in [0.2, 0.25) is 0 Å². The van der Waals surface area contributed by atoms with Gasteiger partial charge < -0.3 is 12.9 Å². The maximum absolute atomic E-state index is 12.2. The van der Waals surface area contributed by atoms with E-state index < -0.39 is 12.4 Å². The minimum absolute atomic E-state index is 0. The first kappa shape index (κ1) is 12.2. The largest absolute Gasteiger partial charge is 1.00 e. The van der Waals surface area contributed by atoms with E-state index in [9.17, 15) is 12.9 Å². The van der Waals surface area contributed by atoms with Crippen molar-refractivity contribution >= 4 is 18.1 Å². The monoisotopic (exact) mass is 225 g/mol. The van der Waals surface area contributed by atoms with Crippen molar-refractivity contribution in [1.29, 1.82) is 0 Å². The molecule has 0 unspecified atom stereocenters. The molecule has 0 aromatic carbocycles. The topological polar surface area (TPSA) is 30.2 Å². The third kappa shape index (κ3) is 2.37. The molecule has 2 aromatic heterocycles. The van der Waals surface area contributed by atoms with Crippen molar-refractivity contribution in [3.8, 4) is 0 Å². The fraction of sp³-hybridized carbons (Fsp3) is 0. The van der Waals surface area contributed by atoms with E-state index in [2.05, 4.69) is 10.1 Å². The van der Waals surface area contributed by atoms with Gasteiger partial charge in [0, 0.05) is 6.20 Å². The van der Waals surface area contributed by atoms with Gasteiger partial charge in [0.1, 0.15) is 6.33 Å². The maximum atomic E-state index is 12.2. The molecule has 0 spiro atoms. The zero-order chi connectivity index (χ0) is 9.47. The molecule has 0 radical (unpaired) electrons. The first-order valence-electron chi connectivity index (χ1n) is 3.56. The average molecular weight is 225 g/mol. The number of pyridine rings is 1. The number of halogens is 3. The minimum atomic E-state index is -4.95. The first-order chi connectivity index (χ1) is 6.07. The van der Waals surface area contributed by atoms with Gasteiger partial charge in [-0.25, -0.2) is 9.50 Å². The van der Waals surface area contributed by atoms with Crippen molar-refractivity contribution in [3.63, 3.8) is 0 Å². The van der Waals surface area contributed by atoms with Crippen molar-refractivity contribution in [2.24, 2.45) is 0 Å². The molecule has 0 atom stereocenters. The van der Waals surface area contributed by atoms with Gasteiger partial charge in [0.25, 0.3) is 0 Å². The Morgan fingerprint density at radius 2 is 1.93 bits per heavy atom. The molecule has 2 rings (SSSR count). The molecular weight excluding hydrogens is 221 g/mol. The van der Waals surface area contributed by atoms with Gasteiger partial charge in [-0.05, 0) is 6.07 Å². The van der Waals surface area contributed by atoms with Gasteiger partial charge in [0.15, 0.2) is 5.65 Å². The van der Waals surface area contributed by atoms with Crippen LogP contribution in [0.5, 0.6) is 0 Å². The normalized spacial score (nSPS) is 11.4. The second-order valence-corrected chi connectivity index (χ2v) is 2.60. The summed E-state index contributed by atoms with van der Waals surface area (Å²) >= 11 is 0. The van der Waals surface area contributed by atoms with Crippen LogP contribution in [0.3, 0.4) is 0 Å². The predicted molar refractivity (Wildman–Crippen MR) is 41.7 cm³/mol. The molecular formula is C6H4BF3KN3. The number of fused-ring (bicyclic) bond motifs is 1. The molecule has 0 amide bonds. The van der Waals surface area contributed by atoms with E-state index in [1.54, 1.807) is 0 Å². The van der Waals surface area contributed by atoms with E-state index in [4.69, 9.17) is 0 Å². The van der Waals surface area contributed by atoms with Gasteiger partial charge in [-0.1, -0.05) is 11.5 Å². The fourth-order valence-electron chi connectivity index (χ4n) is 1.03. The van der Waals surface area contributed by atoms with Gasteiger partial charge >= 0.3 is 58.4 Å². The summed E-state index contributed by atoms with van der Waals surface area (Å²) in [7, 11) is 0. The summed E-state index contributed by atoms with van der Waals surface area (Å²) < 4.78 is 37.8. The summed E-state index contributed by atoms with van der Waals surface area (Å²) in [5.74, 6) is 0. The summed E-state index contributed by atoms with van der Waals surface area (Å²) in [6, 6.07) is 2.29. The second-order valence-electron chi connectivity index (χ2n) is 2.60.